The van der Waals surface area contributed by atoms with Crippen LogP contribution >= 0.6 is 0 Å². The van der Waals surface area contributed by atoms with Crippen LogP contribution in [0.4, 0.5) is 0 Å². The topological polar surface area (TPSA) is 24.1 Å². The number of aryl methyl sites for hydroxylation is 2. The van der Waals surface area contributed by atoms with Crippen LogP contribution in [0.15, 0.2) is 18.2 Å². The van der Waals surface area contributed by atoms with Gasteiger partial charge in [0.2, 0.25) is 0 Å². The molecule has 1 aliphatic heterocycles. The molecule has 0 aliphatic carbocycles. The molecule has 1 saturated heterocycles. The first kappa shape index (κ1) is 12.6. The van der Waals surface area contributed by atoms with Gasteiger partial charge in [0.15, 0.2) is 0 Å². The standard InChI is InChI=1S/C15H24N2/c1-12-6-7-14(13(2)9-12)10-16-11-15-5-3-4-8-17-15/h6-7,9,15-17H,3-5,8,10-11H2,1-2H3. The quantitative estimate of drug-likeness (QED) is 0.833. The molecule has 1 fully saturated rings. The van der Waals surface area contributed by atoms with Crippen molar-refractivity contribution < 1.29 is 0 Å². The van der Waals surface area contributed by atoms with Gasteiger partial charge in [-0.05, 0) is 44.4 Å². The van der Waals surface area contributed by atoms with Crippen LogP contribution in [0, 0.1) is 13.8 Å². The third-order valence-electron chi connectivity index (χ3n) is 3.62. The van der Waals surface area contributed by atoms with E-state index in [4.69, 9.17) is 0 Å². The van der Waals surface area contributed by atoms with Crippen LogP contribution in [0.5, 0.6) is 0 Å². The third kappa shape index (κ3) is 3.83. The van der Waals surface area contributed by atoms with Gasteiger partial charge < -0.3 is 10.6 Å². The van der Waals surface area contributed by atoms with E-state index in [1.54, 1.807) is 0 Å². The lowest BCUT2D eigenvalue weighted by Crippen LogP contribution is -2.41. The van der Waals surface area contributed by atoms with Crippen molar-refractivity contribution in [1.82, 2.24) is 10.6 Å². The van der Waals surface area contributed by atoms with Crippen molar-refractivity contribution in [1.29, 1.82) is 0 Å². The lowest BCUT2D eigenvalue weighted by Gasteiger charge is -2.23. The second-order valence-electron chi connectivity index (χ2n) is 5.21. The van der Waals surface area contributed by atoms with Gasteiger partial charge in [0.25, 0.3) is 0 Å². The van der Waals surface area contributed by atoms with Gasteiger partial charge >= 0.3 is 0 Å². The Kier molecular flexibility index (Phi) is 4.57. The molecule has 1 aromatic carbocycles. The van der Waals surface area contributed by atoms with E-state index in [1.165, 1.54) is 42.5 Å². The minimum atomic E-state index is 0.675. The first-order valence-electron chi connectivity index (χ1n) is 6.76. The Morgan fingerprint density at radius 1 is 1.29 bits per heavy atom. The second-order valence-corrected chi connectivity index (χ2v) is 5.21. The number of nitrogens with one attached hydrogen (secondary N) is 2. The van der Waals surface area contributed by atoms with Gasteiger partial charge in [-0.2, -0.15) is 0 Å². The molecule has 2 rings (SSSR count). The molecule has 1 atom stereocenters. The number of hydrogen-bond donors (Lipinski definition) is 2. The molecule has 17 heavy (non-hydrogen) atoms. The van der Waals surface area contributed by atoms with Crippen LogP contribution in [0.2, 0.25) is 0 Å². The van der Waals surface area contributed by atoms with Gasteiger partial charge in [0, 0.05) is 19.1 Å². The van der Waals surface area contributed by atoms with Crippen molar-refractivity contribution in [3.8, 4) is 0 Å². The van der Waals surface area contributed by atoms with Crippen molar-refractivity contribution in [2.45, 2.75) is 45.7 Å². The van der Waals surface area contributed by atoms with E-state index in [2.05, 4.69) is 42.7 Å². The average Bonchev–Trinajstić information content (AvgIpc) is 2.33. The minimum Gasteiger partial charge on any atom is -0.313 e. The zero-order valence-corrected chi connectivity index (χ0v) is 11.1. The molecular weight excluding hydrogens is 208 g/mol. The summed E-state index contributed by atoms with van der Waals surface area (Å²) in [6, 6.07) is 7.37. The Labute approximate surface area is 105 Å². The molecule has 0 amide bonds. The molecule has 1 unspecified atom stereocenters. The summed E-state index contributed by atoms with van der Waals surface area (Å²) < 4.78 is 0. The highest BCUT2D eigenvalue weighted by Crippen LogP contribution is 2.10. The van der Waals surface area contributed by atoms with Crippen LogP contribution in [0.3, 0.4) is 0 Å². The first-order valence-corrected chi connectivity index (χ1v) is 6.76. The molecule has 94 valence electrons. The molecule has 0 saturated carbocycles. The van der Waals surface area contributed by atoms with E-state index in [0.29, 0.717) is 6.04 Å². The normalized spacial score (nSPS) is 20.5. The Balaban J connectivity index is 1.77. The fraction of sp³-hybridized carbons (Fsp3) is 0.600. The molecule has 2 heteroatoms. The molecular formula is C15H24N2. The summed E-state index contributed by atoms with van der Waals surface area (Å²) in [5.74, 6) is 0. The molecule has 2 nitrogen and oxygen atoms in total. The summed E-state index contributed by atoms with van der Waals surface area (Å²) in [6.45, 7) is 7.62. The Morgan fingerprint density at radius 3 is 2.88 bits per heavy atom. The van der Waals surface area contributed by atoms with Crippen LogP contribution in [-0.4, -0.2) is 19.1 Å². The fourth-order valence-electron chi connectivity index (χ4n) is 2.52. The molecule has 0 bridgehead atoms. The molecule has 0 radical (unpaired) electrons. The molecule has 0 spiro atoms. The van der Waals surface area contributed by atoms with Gasteiger partial charge in [-0.25, -0.2) is 0 Å². The lowest BCUT2D eigenvalue weighted by atomic mass is 10.0. The number of piperidine rings is 1. The van der Waals surface area contributed by atoms with E-state index in [1.807, 2.05) is 0 Å². The van der Waals surface area contributed by atoms with E-state index < -0.39 is 0 Å². The zero-order valence-electron chi connectivity index (χ0n) is 11.1. The van der Waals surface area contributed by atoms with Crippen molar-refractivity contribution in [3.05, 3.63) is 34.9 Å². The van der Waals surface area contributed by atoms with Crippen LogP contribution in [-0.2, 0) is 6.54 Å². The predicted molar refractivity (Wildman–Crippen MR) is 73.3 cm³/mol. The Hall–Kier alpha value is -0.860. The van der Waals surface area contributed by atoms with Gasteiger partial charge in [0.05, 0.1) is 0 Å². The highest BCUT2D eigenvalue weighted by molar-refractivity contribution is 5.30. The van der Waals surface area contributed by atoms with E-state index >= 15 is 0 Å². The number of benzene rings is 1. The Morgan fingerprint density at radius 2 is 2.18 bits per heavy atom. The highest BCUT2D eigenvalue weighted by Gasteiger charge is 2.11. The van der Waals surface area contributed by atoms with Crippen molar-refractivity contribution in [2.75, 3.05) is 13.1 Å². The van der Waals surface area contributed by atoms with E-state index in [-0.39, 0.29) is 0 Å². The summed E-state index contributed by atoms with van der Waals surface area (Å²) in [7, 11) is 0. The van der Waals surface area contributed by atoms with Crippen LogP contribution < -0.4 is 10.6 Å². The highest BCUT2D eigenvalue weighted by atomic mass is 15.0. The van der Waals surface area contributed by atoms with Crippen LogP contribution in [0.1, 0.15) is 36.0 Å². The van der Waals surface area contributed by atoms with Crippen molar-refractivity contribution in [2.24, 2.45) is 0 Å². The van der Waals surface area contributed by atoms with Crippen molar-refractivity contribution >= 4 is 0 Å². The number of rotatable bonds is 4. The SMILES string of the molecule is Cc1ccc(CNCC2CCCCN2)c(C)c1. The summed E-state index contributed by atoms with van der Waals surface area (Å²) in [4.78, 5) is 0. The summed E-state index contributed by atoms with van der Waals surface area (Å²) in [6.07, 6.45) is 4.04. The van der Waals surface area contributed by atoms with E-state index in [9.17, 15) is 0 Å². The fourth-order valence-corrected chi connectivity index (χ4v) is 2.52. The van der Waals surface area contributed by atoms with Gasteiger partial charge in [-0.1, -0.05) is 30.2 Å². The molecule has 1 aromatic rings. The predicted octanol–water partition coefficient (Wildman–Crippen LogP) is 2.54. The van der Waals surface area contributed by atoms with Gasteiger partial charge in [0.1, 0.15) is 0 Å². The average molecular weight is 232 g/mol. The second kappa shape index (κ2) is 6.18. The Bertz CT molecular complexity index is 354. The van der Waals surface area contributed by atoms with Crippen LogP contribution in [0.25, 0.3) is 0 Å². The molecule has 2 N–H and O–H groups in total. The maximum atomic E-state index is 3.57. The minimum absolute atomic E-state index is 0.675. The maximum absolute atomic E-state index is 3.57. The monoisotopic (exact) mass is 232 g/mol. The third-order valence-corrected chi connectivity index (χ3v) is 3.62. The number of hydrogen-bond acceptors (Lipinski definition) is 2. The first-order chi connectivity index (χ1) is 8.25. The van der Waals surface area contributed by atoms with Gasteiger partial charge in [-0.15, -0.1) is 0 Å². The zero-order chi connectivity index (χ0) is 12.1. The summed E-state index contributed by atoms with van der Waals surface area (Å²) >= 11 is 0. The summed E-state index contributed by atoms with van der Waals surface area (Å²) in [5.41, 5.74) is 4.17. The summed E-state index contributed by atoms with van der Waals surface area (Å²) in [5, 5.41) is 7.14. The largest absolute Gasteiger partial charge is 0.313 e. The lowest BCUT2D eigenvalue weighted by molar-refractivity contribution is 0.383. The molecule has 1 aliphatic rings. The van der Waals surface area contributed by atoms with Gasteiger partial charge in [-0.3, -0.25) is 0 Å². The molecule has 0 aromatic heterocycles. The molecule has 1 heterocycles. The smallest absolute Gasteiger partial charge is 0.0208 e. The maximum Gasteiger partial charge on any atom is 0.0208 e. The van der Waals surface area contributed by atoms with E-state index in [0.717, 1.165) is 13.1 Å². The van der Waals surface area contributed by atoms with Crippen molar-refractivity contribution in [3.63, 3.8) is 0 Å².